The number of anilines is 1. The molecule has 0 spiro atoms. The Morgan fingerprint density at radius 2 is 1.88 bits per heavy atom. The highest BCUT2D eigenvalue weighted by Crippen LogP contribution is 2.35. The van der Waals surface area contributed by atoms with E-state index in [2.05, 4.69) is 10.3 Å². The number of carbonyl (C=O) groups excluding carboxylic acids is 1. The Balaban J connectivity index is 1.75. The molecule has 0 fully saturated rings. The molecule has 0 atom stereocenters. The average Bonchev–Trinajstić information content (AvgIpc) is 2.60. The zero-order valence-electron chi connectivity index (χ0n) is 13.2. The second-order valence-corrected chi connectivity index (χ2v) is 5.88. The van der Waals surface area contributed by atoms with Crippen LogP contribution in [0.5, 0.6) is 0 Å². The van der Waals surface area contributed by atoms with Gasteiger partial charge in [-0.1, -0.05) is 35.9 Å². The van der Waals surface area contributed by atoms with Crippen LogP contribution in [0.3, 0.4) is 0 Å². The molecule has 0 unspecified atom stereocenters. The number of rotatable bonds is 3. The lowest BCUT2D eigenvalue weighted by molar-refractivity contribution is -0.137. The zero-order valence-corrected chi connectivity index (χ0v) is 14.0. The van der Waals surface area contributed by atoms with Gasteiger partial charge in [0.2, 0.25) is 5.91 Å². The summed E-state index contributed by atoms with van der Waals surface area (Å²) < 4.78 is 38.5. The van der Waals surface area contributed by atoms with Crippen LogP contribution in [0.15, 0.2) is 60.8 Å². The predicted molar refractivity (Wildman–Crippen MR) is 95.9 cm³/mol. The van der Waals surface area contributed by atoms with Crippen LogP contribution in [0.4, 0.5) is 18.9 Å². The normalized spacial score (nSPS) is 11.8. The van der Waals surface area contributed by atoms with E-state index in [4.69, 9.17) is 11.6 Å². The molecule has 0 saturated heterocycles. The van der Waals surface area contributed by atoms with Crippen molar-refractivity contribution in [1.82, 2.24) is 4.98 Å². The first kappa shape index (κ1) is 17.9. The van der Waals surface area contributed by atoms with Crippen molar-refractivity contribution in [3.8, 4) is 0 Å². The smallest absolute Gasteiger partial charge is 0.321 e. The molecular formula is C19H12ClF3N2O. The van der Waals surface area contributed by atoms with Crippen molar-refractivity contribution in [1.29, 1.82) is 0 Å². The standard InChI is InChI=1S/C19H12ClF3N2O/c20-16-7-5-12(9-15(16)19(21,22)23)6-8-18(26)25-14-10-13-3-1-2-4-17(13)24-11-14/h1-11H,(H,25,26)/b8-6+. The van der Waals surface area contributed by atoms with Crippen molar-refractivity contribution in [2.45, 2.75) is 6.18 Å². The molecule has 0 bridgehead atoms. The average molecular weight is 377 g/mol. The summed E-state index contributed by atoms with van der Waals surface area (Å²) in [6.07, 6.45) is -0.605. The van der Waals surface area contributed by atoms with E-state index in [0.29, 0.717) is 5.69 Å². The summed E-state index contributed by atoms with van der Waals surface area (Å²) in [6, 6.07) is 12.6. The van der Waals surface area contributed by atoms with Crippen LogP contribution >= 0.6 is 11.6 Å². The van der Waals surface area contributed by atoms with Gasteiger partial charge in [0.15, 0.2) is 0 Å². The van der Waals surface area contributed by atoms with Gasteiger partial charge in [0.25, 0.3) is 0 Å². The molecule has 0 saturated carbocycles. The summed E-state index contributed by atoms with van der Waals surface area (Å²) in [6.45, 7) is 0. The van der Waals surface area contributed by atoms with E-state index in [1.54, 1.807) is 6.07 Å². The Morgan fingerprint density at radius 3 is 2.65 bits per heavy atom. The first-order valence-electron chi connectivity index (χ1n) is 7.53. The number of nitrogens with one attached hydrogen (secondary N) is 1. The monoisotopic (exact) mass is 376 g/mol. The van der Waals surface area contributed by atoms with E-state index in [1.165, 1.54) is 18.3 Å². The van der Waals surface area contributed by atoms with Crippen LogP contribution < -0.4 is 5.32 Å². The van der Waals surface area contributed by atoms with Crippen molar-refractivity contribution in [3.05, 3.63) is 77.0 Å². The quantitative estimate of drug-likeness (QED) is 0.608. The molecule has 3 nitrogen and oxygen atoms in total. The first-order chi connectivity index (χ1) is 12.3. The van der Waals surface area contributed by atoms with Gasteiger partial charge in [0, 0.05) is 11.5 Å². The van der Waals surface area contributed by atoms with Gasteiger partial charge < -0.3 is 5.32 Å². The topological polar surface area (TPSA) is 42.0 Å². The van der Waals surface area contributed by atoms with Crippen LogP contribution in [0.2, 0.25) is 5.02 Å². The summed E-state index contributed by atoms with van der Waals surface area (Å²) in [5.41, 5.74) is 0.557. The number of para-hydroxylation sites is 1. The number of hydrogen-bond donors (Lipinski definition) is 1. The number of fused-ring (bicyclic) bond motifs is 1. The van der Waals surface area contributed by atoms with Gasteiger partial charge in [-0.15, -0.1) is 0 Å². The van der Waals surface area contributed by atoms with Crippen molar-refractivity contribution in [3.63, 3.8) is 0 Å². The number of halogens is 4. The maximum atomic E-state index is 12.8. The molecule has 2 aromatic carbocycles. The lowest BCUT2D eigenvalue weighted by atomic mass is 10.1. The van der Waals surface area contributed by atoms with Gasteiger partial charge in [-0.3, -0.25) is 9.78 Å². The third-order valence-electron chi connectivity index (χ3n) is 3.58. The van der Waals surface area contributed by atoms with E-state index in [9.17, 15) is 18.0 Å². The Hall–Kier alpha value is -2.86. The predicted octanol–water partition coefficient (Wildman–Crippen LogP) is 5.56. The van der Waals surface area contributed by atoms with E-state index < -0.39 is 17.6 Å². The molecular weight excluding hydrogens is 365 g/mol. The summed E-state index contributed by atoms with van der Waals surface area (Å²) in [5.74, 6) is -0.481. The van der Waals surface area contributed by atoms with Crippen molar-refractivity contribution in [2.24, 2.45) is 0 Å². The minimum absolute atomic E-state index is 0.216. The summed E-state index contributed by atoms with van der Waals surface area (Å²) in [7, 11) is 0. The summed E-state index contributed by atoms with van der Waals surface area (Å²) in [4.78, 5) is 16.2. The molecule has 0 radical (unpaired) electrons. The maximum Gasteiger partial charge on any atom is 0.417 e. The van der Waals surface area contributed by atoms with Gasteiger partial charge in [0.1, 0.15) is 0 Å². The van der Waals surface area contributed by atoms with E-state index >= 15 is 0 Å². The van der Waals surface area contributed by atoms with Crippen LogP contribution in [0.25, 0.3) is 17.0 Å². The fraction of sp³-hybridized carbons (Fsp3) is 0.0526. The fourth-order valence-electron chi connectivity index (χ4n) is 2.36. The van der Waals surface area contributed by atoms with Crippen LogP contribution in [0.1, 0.15) is 11.1 Å². The highest BCUT2D eigenvalue weighted by Gasteiger charge is 2.33. The lowest BCUT2D eigenvalue weighted by Gasteiger charge is -2.09. The van der Waals surface area contributed by atoms with Gasteiger partial charge >= 0.3 is 6.18 Å². The fourth-order valence-corrected chi connectivity index (χ4v) is 2.58. The Bertz CT molecular complexity index is 999. The highest BCUT2D eigenvalue weighted by atomic mass is 35.5. The van der Waals surface area contributed by atoms with Crippen molar-refractivity contribution >= 4 is 40.2 Å². The number of hydrogen-bond acceptors (Lipinski definition) is 2. The van der Waals surface area contributed by atoms with Gasteiger partial charge in [-0.25, -0.2) is 0 Å². The molecule has 0 aliphatic carbocycles. The minimum Gasteiger partial charge on any atom is -0.321 e. The zero-order chi connectivity index (χ0) is 18.7. The number of amides is 1. The van der Waals surface area contributed by atoms with Crippen LogP contribution in [0, 0.1) is 0 Å². The van der Waals surface area contributed by atoms with Crippen LogP contribution in [-0.2, 0) is 11.0 Å². The number of nitrogens with zero attached hydrogens (tertiary/aromatic N) is 1. The molecule has 26 heavy (non-hydrogen) atoms. The minimum atomic E-state index is -4.56. The SMILES string of the molecule is O=C(/C=C/c1ccc(Cl)c(C(F)(F)F)c1)Nc1cnc2ccccc2c1. The Labute approximate surface area is 152 Å². The molecule has 132 valence electrons. The molecule has 3 aromatic rings. The Kier molecular flexibility index (Phi) is 4.95. The molecule has 0 aliphatic rings. The van der Waals surface area contributed by atoms with E-state index in [-0.39, 0.29) is 10.6 Å². The maximum absolute atomic E-state index is 12.8. The Morgan fingerprint density at radius 1 is 1.12 bits per heavy atom. The third-order valence-corrected chi connectivity index (χ3v) is 3.91. The van der Waals surface area contributed by atoms with Gasteiger partial charge in [-0.2, -0.15) is 13.2 Å². The highest BCUT2D eigenvalue weighted by molar-refractivity contribution is 6.31. The number of pyridine rings is 1. The molecule has 3 rings (SSSR count). The molecule has 1 heterocycles. The van der Waals surface area contributed by atoms with Crippen molar-refractivity contribution < 1.29 is 18.0 Å². The number of aromatic nitrogens is 1. The number of carbonyl (C=O) groups is 1. The summed E-state index contributed by atoms with van der Waals surface area (Å²) in [5, 5.41) is 3.10. The van der Waals surface area contributed by atoms with Crippen LogP contribution in [-0.4, -0.2) is 10.9 Å². The van der Waals surface area contributed by atoms with Gasteiger partial charge in [-0.05, 0) is 35.9 Å². The third kappa shape index (κ3) is 4.21. The largest absolute Gasteiger partial charge is 0.417 e. The molecule has 1 amide bonds. The second-order valence-electron chi connectivity index (χ2n) is 5.48. The molecule has 1 aromatic heterocycles. The summed E-state index contributed by atoms with van der Waals surface area (Å²) >= 11 is 5.57. The van der Waals surface area contributed by atoms with Crippen molar-refractivity contribution in [2.75, 3.05) is 5.32 Å². The molecule has 0 aliphatic heterocycles. The number of alkyl halides is 3. The van der Waals surface area contributed by atoms with E-state index in [1.807, 2.05) is 24.3 Å². The molecule has 7 heteroatoms. The van der Waals surface area contributed by atoms with Gasteiger partial charge in [0.05, 0.1) is 28.0 Å². The second kappa shape index (κ2) is 7.17. The number of benzene rings is 2. The molecule has 1 N–H and O–H groups in total. The lowest BCUT2D eigenvalue weighted by Crippen LogP contribution is -2.08. The first-order valence-corrected chi connectivity index (χ1v) is 7.91. The van der Waals surface area contributed by atoms with E-state index in [0.717, 1.165) is 29.1 Å².